The van der Waals surface area contributed by atoms with Crippen LogP contribution in [0.2, 0.25) is 0 Å². The van der Waals surface area contributed by atoms with Crippen LogP contribution in [0, 0.1) is 0 Å². The van der Waals surface area contributed by atoms with Gasteiger partial charge < -0.3 is 14.7 Å². The molecule has 0 unspecified atom stereocenters. The molecule has 3 aromatic rings. The van der Waals surface area contributed by atoms with Crippen molar-refractivity contribution in [3.63, 3.8) is 0 Å². The van der Waals surface area contributed by atoms with E-state index in [4.69, 9.17) is 5.11 Å². The van der Waals surface area contributed by atoms with Crippen molar-refractivity contribution in [3.8, 4) is 5.69 Å². The minimum absolute atomic E-state index is 0.138. The molecular weight excluding hydrogens is 343 g/mol. The second kappa shape index (κ2) is 5.58. The first-order chi connectivity index (χ1) is 11.7. The summed E-state index contributed by atoms with van der Waals surface area (Å²) in [6.45, 7) is 0. The van der Waals surface area contributed by atoms with E-state index >= 15 is 0 Å². The van der Waals surface area contributed by atoms with E-state index in [9.17, 15) is 27.6 Å². The van der Waals surface area contributed by atoms with Gasteiger partial charge in [-0.3, -0.25) is 9.59 Å². The number of fused-ring (bicyclic) bond motifs is 1. The number of benzene rings is 1. The number of hydrogen-bond donors (Lipinski definition) is 2. The third-order valence-electron chi connectivity index (χ3n) is 3.45. The summed E-state index contributed by atoms with van der Waals surface area (Å²) in [6, 6.07) is 2.99. The molecule has 7 nitrogen and oxygen atoms in total. The quantitative estimate of drug-likeness (QED) is 0.704. The normalized spacial score (nSPS) is 11.6. The van der Waals surface area contributed by atoms with E-state index < -0.39 is 29.0 Å². The van der Waals surface area contributed by atoms with Gasteiger partial charge >= 0.3 is 12.1 Å². The summed E-state index contributed by atoms with van der Waals surface area (Å²) in [5.74, 6) is -1.60. The van der Waals surface area contributed by atoms with Gasteiger partial charge in [0, 0.05) is 18.0 Å². The Morgan fingerprint density at radius 2 is 2.04 bits per heavy atom. The lowest BCUT2D eigenvalue weighted by Gasteiger charge is -2.15. The average molecular weight is 351 g/mol. The molecule has 0 aliphatic heterocycles. The van der Waals surface area contributed by atoms with Gasteiger partial charge in [-0.05, 0) is 18.2 Å². The van der Waals surface area contributed by atoms with Crippen molar-refractivity contribution in [1.82, 2.24) is 14.5 Å². The lowest BCUT2D eigenvalue weighted by molar-refractivity contribution is -0.137. The molecule has 2 heterocycles. The van der Waals surface area contributed by atoms with E-state index in [0.717, 1.165) is 10.6 Å². The number of H-pyrrole nitrogens is 1. The first kappa shape index (κ1) is 16.4. The number of rotatable bonds is 3. The molecule has 10 heteroatoms. The van der Waals surface area contributed by atoms with Crippen molar-refractivity contribution in [1.29, 1.82) is 0 Å². The maximum atomic E-state index is 13.4. The van der Waals surface area contributed by atoms with Gasteiger partial charge in [-0.2, -0.15) is 13.2 Å². The number of nitrogens with zero attached hydrogens (tertiary/aromatic N) is 2. The highest BCUT2D eigenvalue weighted by Crippen LogP contribution is 2.35. The molecule has 2 N–H and O–H groups in total. The Labute approximate surface area is 136 Å². The van der Waals surface area contributed by atoms with Crippen molar-refractivity contribution >= 4 is 23.3 Å². The van der Waals surface area contributed by atoms with Gasteiger partial charge in [0.1, 0.15) is 0 Å². The van der Waals surface area contributed by atoms with Crippen LogP contribution < -0.4 is 5.56 Å². The lowest BCUT2D eigenvalue weighted by Crippen LogP contribution is -2.20. The van der Waals surface area contributed by atoms with E-state index in [-0.39, 0.29) is 22.3 Å². The van der Waals surface area contributed by atoms with Gasteiger partial charge in [-0.15, -0.1) is 0 Å². The van der Waals surface area contributed by atoms with Crippen molar-refractivity contribution in [2.75, 3.05) is 0 Å². The molecule has 0 amide bonds. The van der Waals surface area contributed by atoms with Crippen LogP contribution in [-0.4, -0.2) is 31.9 Å². The number of alkyl halides is 3. The summed E-state index contributed by atoms with van der Waals surface area (Å²) in [6.07, 6.45) is -1.84. The number of halogens is 3. The SMILES string of the molecule is O=Cc1ccn(-c2cc3nc(C(=O)O)c(=O)[nH]c3cc2C(F)(F)F)c1. The minimum Gasteiger partial charge on any atom is -0.476 e. The lowest BCUT2D eigenvalue weighted by atomic mass is 10.1. The van der Waals surface area contributed by atoms with Gasteiger partial charge in [0.15, 0.2) is 6.29 Å². The highest BCUT2D eigenvalue weighted by atomic mass is 19.4. The molecule has 0 fully saturated rings. The molecule has 2 aromatic heterocycles. The molecule has 0 aliphatic rings. The number of carbonyl (C=O) groups excluding carboxylic acids is 1. The van der Waals surface area contributed by atoms with Gasteiger partial charge in [-0.1, -0.05) is 0 Å². The Hall–Kier alpha value is -3.43. The maximum Gasteiger partial charge on any atom is 0.418 e. The molecule has 1 aromatic carbocycles. The number of aromatic carboxylic acids is 1. The topological polar surface area (TPSA) is 105 Å². The fourth-order valence-corrected chi connectivity index (χ4v) is 2.34. The first-order valence-corrected chi connectivity index (χ1v) is 6.73. The zero-order valence-corrected chi connectivity index (χ0v) is 12.2. The minimum atomic E-state index is -4.75. The Morgan fingerprint density at radius 1 is 1.32 bits per heavy atom. The smallest absolute Gasteiger partial charge is 0.418 e. The second-order valence-corrected chi connectivity index (χ2v) is 5.07. The molecule has 3 rings (SSSR count). The Balaban J connectivity index is 2.36. The first-order valence-electron chi connectivity index (χ1n) is 6.73. The summed E-state index contributed by atoms with van der Waals surface area (Å²) in [4.78, 5) is 39.0. The van der Waals surface area contributed by atoms with Crippen LogP contribution in [-0.2, 0) is 6.18 Å². The van der Waals surface area contributed by atoms with E-state index in [0.29, 0.717) is 12.4 Å². The average Bonchev–Trinajstić information content (AvgIpc) is 3.01. The largest absolute Gasteiger partial charge is 0.476 e. The molecule has 0 spiro atoms. The standard InChI is InChI=1S/C15H8F3N3O4/c16-15(17,18)8-3-9-10(19-12(14(24)25)13(23)20-9)4-11(8)21-2-1-7(5-21)6-22/h1-6H,(H,20,23)(H,24,25). The Morgan fingerprint density at radius 3 is 2.60 bits per heavy atom. The molecule has 0 bridgehead atoms. The van der Waals surface area contributed by atoms with Crippen LogP contribution >= 0.6 is 0 Å². The van der Waals surface area contributed by atoms with E-state index in [2.05, 4.69) is 9.97 Å². The fraction of sp³-hybridized carbons (Fsp3) is 0.0667. The Bertz CT molecular complexity index is 1070. The number of hydrogen-bond acceptors (Lipinski definition) is 4. The van der Waals surface area contributed by atoms with Crippen molar-refractivity contribution in [3.05, 3.63) is 57.8 Å². The summed E-state index contributed by atoms with van der Waals surface area (Å²) < 4.78 is 41.2. The summed E-state index contributed by atoms with van der Waals surface area (Å²) in [5, 5.41) is 8.92. The molecular formula is C15H8F3N3O4. The predicted octanol–water partition coefficient (Wildman–Crippen LogP) is 2.24. The third-order valence-corrected chi connectivity index (χ3v) is 3.45. The van der Waals surface area contributed by atoms with Crippen LogP contribution in [0.4, 0.5) is 13.2 Å². The predicted molar refractivity (Wildman–Crippen MR) is 79.0 cm³/mol. The highest BCUT2D eigenvalue weighted by Gasteiger charge is 2.35. The Kier molecular flexibility index (Phi) is 3.67. The van der Waals surface area contributed by atoms with Crippen LogP contribution in [0.25, 0.3) is 16.7 Å². The number of nitrogens with one attached hydrogen (secondary N) is 1. The van der Waals surface area contributed by atoms with Crippen LogP contribution in [0.3, 0.4) is 0 Å². The number of carboxylic acids is 1. The summed E-state index contributed by atoms with van der Waals surface area (Å²) in [5.41, 5.74) is -3.61. The highest BCUT2D eigenvalue weighted by molar-refractivity contribution is 5.88. The zero-order chi connectivity index (χ0) is 18.4. The molecule has 0 saturated heterocycles. The van der Waals surface area contributed by atoms with E-state index in [1.165, 1.54) is 18.5 Å². The monoisotopic (exact) mass is 351 g/mol. The molecule has 0 atom stereocenters. The number of aldehydes is 1. The number of aromatic nitrogens is 3. The van der Waals surface area contributed by atoms with Gasteiger partial charge in [-0.25, -0.2) is 9.78 Å². The molecule has 0 aliphatic carbocycles. The maximum absolute atomic E-state index is 13.4. The van der Waals surface area contributed by atoms with Crippen LogP contribution in [0.15, 0.2) is 35.4 Å². The summed E-state index contributed by atoms with van der Waals surface area (Å²) >= 11 is 0. The summed E-state index contributed by atoms with van der Waals surface area (Å²) in [7, 11) is 0. The van der Waals surface area contributed by atoms with Crippen molar-refractivity contribution in [2.24, 2.45) is 0 Å². The number of carboxylic acid groups (broad SMARTS) is 1. The van der Waals surface area contributed by atoms with Crippen molar-refractivity contribution in [2.45, 2.75) is 6.18 Å². The van der Waals surface area contributed by atoms with Crippen LogP contribution in [0.1, 0.15) is 26.4 Å². The molecule has 25 heavy (non-hydrogen) atoms. The molecule has 0 saturated carbocycles. The third kappa shape index (κ3) is 2.89. The molecule has 0 radical (unpaired) electrons. The van der Waals surface area contributed by atoms with Crippen LogP contribution in [0.5, 0.6) is 0 Å². The number of carbonyl (C=O) groups is 2. The molecule has 128 valence electrons. The van der Waals surface area contributed by atoms with E-state index in [1.807, 2.05) is 0 Å². The van der Waals surface area contributed by atoms with E-state index in [1.54, 1.807) is 0 Å². The fourth-order valence-electron chi connectivity index (χ4n) is 2.34. The van der Waals surface area contributed by atoms with Gasteiger partial charge in [0.05, 0.1) is 22.3 Å². The number of aromatic amines is 1. The van der Waals surface area contributed by atoms with Crippen molar-refractivity contribution < 1.29 is 27.9 Å². The van der Waals surface area contributed by atoms with Gasteiger partial charge in [0.2, 0.25) is 5.69 Å². The van der Waals surface area contributed by atoms with Gasteiger partial charge in [0.25, 0.3) is 5.56 Å². The zero-order valence-electron chi connectivity index (χ0n) is 12.2. The second-order valence-electron chi connectivity index (χ2n) is 5.07.